The first-order chi connectivity index (χ1) is 18.5. The van der Waals surface area contributed by atoms with E-state index in [0.29, 0.717) is 25.6 Å². The van der Waals surface area contributed by atoms with E-state index in [-0.39, 0.29) is 30.3 Å². The number of benzene rings is 1. The van der Waals surface area contributed by atoms with E-state index in [0.717, 1.165) is 50.9 Å². The summed E-state index contributed by atoms with van der Waals surface area (Å²) in [5.41, 5.74) is 3.64. The van der Waals surface area contributed by atoms with Crippen LogP contribution in [0.5, 0.6) is 0 Å². The van der Waals surface area contributed by atoms with E-state index in [1.54, 1.807) is 6.08 Å². The van der Waals surface area contributed by atoms with Crippen molar-refractivity contribution in [2.24, 2.45) is 0 Å². The predicted octanol–water partition coefficient (Wildman–Crippen LogP) is 2.92. The zero-order valence-corrected chi connectivity index (χ0v) is 22.7. The van der Waals surface area contributed by atoms with E-state index in [4.69, 9.17) is 4.74 Å². The van der Waals surface area contributed by atoms with Crippen LogP contribution in [0.2, 0.25) is 0 Å². The van der Waals surface area contributed by atoms with Gasteiger partial charge in [-0.2, -0.15) is 0 Å². The molecule has 4 rings (SSSR count). The molecule has 2 unspecified atom stereocenters. The number of allylic oxidation sites excluding steroid dienone is 2. The molecule has 0 aromatic heterocycles. The summed E-state index contributed by atoms with van der Waals surface area (Å²) >= 11 is 0. The SMILES string of the molecule is Cc1ccc(CCNCCC(=O)N(CCNCCC2=CC=C(O)C3NC(=O)COC23)C2CCCCC2)cc1. The first-order valence-corrected chi connectivity index (χ1v) is 14.3. The van der Waals surface area contributed by atoms with Crippen LogP contribution in [0.1, 0.15) is 56.1 Å². The van der Waals surface area contributed by atoms with Gasteiger partial charge in [0, 0.05) is 32.1 Å². The van der Waals surface area contributed by atoms with Crippen LogP contribution in [0, 0.1) is 6.92 Å². The maximum atomic E-state index is 13.2. The highest BCUT2D eigenvalue weighted by molar-refractivity contribution is 5.79. The van der Waals surface area contributed by atoms with Gasteiger partial charge in [-0.25, -0.2) is 0 Å². The second-order valence-corrected chi connectivity index (χ2v) is 10.7. The molecule has 8 heteroatoms. The Kier molecular flexibility index (Phi) is 10.8. The maximum absolute atomic E-state index is 13.2. The van der Waals surface area contributed by atoms with Gasteiger partial charge in [-0.3, -0.25) is 9.59 Å². The highest BCUT2D eigenvalue weighted by Crippen LogP contribution is 2.26. The van der Waals surface area contributed by atoms with Gasteiger partial charge in [-0.15, -0.1) is 0 Å². The van der Waals surface area contributed by atoms with Crippen LogP contribution in [-0.2, 0) is 20.7 Å². The molecule has 1 saturated heterocycles. The number of fused-ring (bicyclic) bond motifs is 1. The second-order valence-electron chi connectivity index (χ2n) is 10.7. The van der Waals surface area contributed by atoms with Crippen LogP contribution >= 0.6 is 0 Å². The van der Waals surface area contributed by atoms with Crippen LogP contribution in [0.4, 0.5) is 0 Å². The first-order valence-electron chi connectivity index (χ1n) is 14.3. The van der Waals surface area contributed by atoms with E-state index >= 15 is 0 Å². The summed E-state index contributed by atoms with van der Waals surface area (Å²) in [6, 6.07) is 8.47. The molecule has 1 aromatic rings. The molecule has 3 aliphatic rings. The van der Waals surface area contributed by atoms with Gasteiger partial charge in [0.05, 0.1) is 0 Å². The summed E-state index contributed by atoms with van der Waals surface area (Å²) in [6.45, 7) is 5.89. The lowest BCUT2D eigenvalue weighted by Crippen LogP contribution is -2.54. The second kappa shape index (κ2) is 14.5. The number of nitrogens with zero attached hydrogens (tertiary/aromatic N) is 1. The molecule has 38 heavy (non-hydrogen) atoms. The standard InChI is InChI=1S/C30H44N4O4/c1-22-7-9-23(10-8-22)13-16-31-18-15-28(37)34(25-5-3-2-4-6-25)20-19-32-17-14-24-11-12-26(35)29-30(24)38-21-27(36)33-29/h7-12,25,29-32,35H,2-6,13-21H2,1H3,(H,33,36). The fourth-order valence-corrected chi connectivity index (χ4v) is 5.63. The Morgan fingerprint density at radius 3 is 2.55 bits per heavy atom. The molecule has 4 N–H and O–H groups in total. The number of morpholine rings is 1. The zero-order chi connectivity index (χ0) is 26.7. The van der Waals surface area contributed by atoms with E-state index in [9.17, 15) is 14.7 Å². The number of aliphatic hydroxyl groups excluding tert-OH is 1. The third-order valence-corrected chi connectivity index (χ3v) is 7.85. The van der Waals surface area contributed by atoms with E-state index in [2.05, 4.69) is 52.0 Å². The molecule has 1 heterocycles. The summed E-state index contributed by atoms with van der Waals surface area (Å²) < 4.78 is 5.70. The molecule has 1 saturated carbocycles. The summed E-state index contributed by atoms with van der Waals surface area (Å²) in [4.78, 5) is 27.0. The van der Waals surface area contributed by atoms with Crippen LogP contribution in [0.3, 0.4) is 0 Å². The number of aliphatic hydroxyl groups is 1. The number of carbonyl (C=O) groups excluding carboxylic acids is 2. The summed E-state index contributed by atoms with van der Waals surface area (Å²) in [7, 11) is 0. The van der Waals surface area contributed by atoms with Gasteiger partial charge in [0.2, 0.25) is 11.8 Å². The summed E-state index contributed by atoms with van der Waals surface area (Å²) in [5, 5.41) is 19.9. The van der Waals surface area contributed by atoms with Crippen LogP contribution in [0.25, 0.3) is 0 Å². The molecule has 208 valence electrons. The lowest BCUT2D eigenvalue weighted by Gasteiger charge is -2.36. The van der Waals surface area contributed by atoms with Crippen molar-refractivity contribution in [3.63, 3.8) is 0 Å². The number of hydrogen-bond acceptors (Lipinski definition) is 6. The smallest absolute Gasteiger partial charge is 0.246 e. The molecule has 0 bridgehead atoms. The number of rotatable bonds is 13. The summed E-state index contributed by atoms with van der Waals surface area (Å²) in [5.74, 6) is 0.164. The number of hydrogen-bond donors (Lipinski definition) is 4. The van der Waals surface area contributed by atoms with Gasteiger partial charge in [-0.1, -0.05) is 55.2 Å². The molecule has 8 nitrogen and oxygen atoms in total. The maximum Gasteiger partial charge on any atom is 0.246 e. The van der Waals surface area contributed by atoms with Gasteiger partial charge in [-0.05, 0) is 62.9 Å². The average Bonchev–Trinajstić information content (AvgIpc) is 2.93. The fourth-order valence-electron chi connectivity index (χ4n) is 5.63. The molecular weight excluding hydrogens is 480 g/mol. The quantitative estimate of drug-likeness (QED) is 0.296. The molecule has 2 atom stereocenters. The Balaban J connectivity index is 1.18. The molecule has 2 aliphatic carbocycles. The van der Waals surface area contributed by atoms with Gasteiger partial charge < -0.3 is 30.7 Å². The average molecular weight is 525 g/mol. The number of carbonyl (C=O) groups is 2. The molecule has 1 aromatic carbocycles. The van der Waals surface area contributed by atoms with E-state index < -0.39 is 6.04 Å². The zero-order valence-electron chi connectivity index (χ0n) is 22.7. The third kappa shape index (κ3) is 8.16. The highest BCUT2D eigenvalue weighted by Gasteiger charge is 2.36. The van der Waals surface area contributed by atoms with E-state index in [1.165, 1.54) is 30.4 Å². The van der Waals surface area contributed by atoms with Gasteiger partial charge in [0.1, 0.15) is 24.5 Å². The normalized spacial score (nSPS) is 21.8. The van der Waals surface area contributed by atoms with Crippen LogP contribution < -0.4 is 16.0 Å². The molecule has 2 fully saturated rings. The van der Waals surface area contributed by atoms with Crippen molar-refractivity contribution in [2.45, 2.75) is 76.5 Å². The molecular formula is C30H44N4O4. The van der Waals surface area contributed by atoms with Crippen molar-refractivity contribution in [3.8, 4) is 0 Å². The molecule has 2 amide bonds. The van der Waals surface area contributed by atoms with Crippen molar-refractivity contribution >= 4 is 11.8 Å². The van der Waals surface area contributed by atoms with Crippen molar-refractivity contribution in [1.29, 1.82) is 0 Å². The third-order valence-electron chi connectivity index (χ3n) is 7.85. The monoisotopic (exact) mass is 524 g/mol. The molecule has 0 spiro atoms. The lowest BCUT2D eigenvalue weighted by atomic mass is 9.92. The largest absolute Gasteiger partial charge is 0.510 e. The molecule has 0 radical (unpaired) electrons. The Hall–Kier alpha value is -2.68. The minimum atomic E-state index is -0.499. The molecule has 1 aliphatic heterocycles. The van der Waals surface area contributed by atoms with E-state index in [1.807, 2.05) is 6.08 Å². The van der Waals surface area contributed by atoms with Gasteiger partial charge >= 0.3 is 0 Å². The van der Waals surface area contributed by atoms with Crippen molar-refractivity contribution in [2.75, 3.05) is 39.3 Å². The first kappa shape index (κ1) is 28.3. The number of aryl methyl sites for hydroxylation is 1. The fraction of sp³-hybridized carbons (Fsp3) is 0.600. The Labute approximate surface area is 226 Å². The number of ether oxygens (including phenoxy) is 1. The predicted molar refractivity (Wildman–Crippen MR) is 149 cm³/mol. The number of amides is 2. The van der Waals surface area contributed by atoms with Crippen molar-refractivity contribution < 1.29 is 19.4 Å². The summed E-state index contributed by atoms with van der Waals surface area (Å²) in [6.07, 6.45) is 11.3. The van der Waals surface area contributed by atoms with Gasteiger partial charge in [0.15, 0.2) is 0 Å². The minimum absolute atomic E-state index is 0.0124. The van der Waals surface area contributed by atoms with Gasteiger partial charge in [0.25, 0.3) is 0 Å². The Morgan fingerprint density at radius 1 is 1.03 bits per heavy atom. The lowest BCUT2D eigenvalue weighted by molar-refractivity contribution is -0.135. The topological polar surface area (TPSA) is 103 Å². The van der Waals surface area contributed by atoms with Crippen LogP contribution in [0.15, 0.2) is 47.7 Å². The Morgan fingerprint density at radius 2 is 1.76 bits per heavy atom. The Bertz CT molecular complexity index is 984. The number of nitrogens with one attached hydrogen (secondary N) is 3. The van der Waals surface area contributed by atoms with Crippen molar-refractivity contribution in [3.05, 3.63) is 58.9 Å². The minimum Gasteiger partial charge on any atom is -0.510 e. The van der Waals surface area contributed by atoms with Crippen molar-refractivity contribution in [1.82, 2.24) is 20.9 Å². The highest BCUT2D eigenvalue weighted by atomic mass is 16.5. The van der Waals surface area contributed by atoms with Crippen LogP contribution in [-0.4, -0.2) is 79.3 Å².